The molecular formula is C14H17N3O2S. The van der Waals surface area contributed by atoms with E-state index < -0.39 is 0 Å². The first-order valence-corrected chi connectivity index (χ1v) is 7.61. The molecule has 5 nitrogen and oxygen atoms in total. The Morgan fingerprint density at radius 1 is 1.50 bits per heavy atom. The summed E-state index contributed by atoms with van der Waals surface area (Å²) in [7, 11) is 1.70. The van der Waals surface area contributed by atoms with Gasteiger partial charge in [0.25, 0.3) is 0 Å². The molecule has 3 rings (SSSR count). The zero-order valence-electron chi connectivity index (χ0n) is 11.4. The van der Waals surface area contributed by atoms with Crippen molar-refractivity contribution in [3.63, 3.8) is 0 Å². The fraction of sp³-hybridized carbons (Fsp3) is 0.571. The molecule has 0 spiro atoms. The molecule has 1 aromatic heterocycles. The van der Waals surface area contributed by atoms with Crippen molar-refractivity contribution in [2.45, 2.75) is 25.4 Å². The normalized spacial score (nSPS) is 22.0. The van der Waals surface area contributed by atoms with Gasteiger partial charge in [-0.1, -0.05) is 0 Å². The van der Waals surface area contributed by atoms with Gasteiger partial charge in [-0.05, 0) is 19.3 Å². The number of nitrogens with zero attached hydrogens (tertiary/aromatic N) is 2. The van der Waals surface area contributed by atoms with E-state index in [9.17, 15) is 10.1 Å². The molecule has 1 unspecified atom stereocenters. The van der Waals surface area contributed by atoms with Gasteiger partial charge in [0.2, 0.25) is 0 Å². The number of nitriles is 1. The number of carbonyl (C=O) groups excluding carboxylic acids is 1. The van der Waals surface area contributed by atoms with Gasteiger partial charge in [-0.15, -0.1) is 11.3 Å². The average Bonchev–Trinajstić information content (AvgIpc) is 3.10. The molecule has 20 heavy (non-hydrogen) atoms. The Balaban J connectivity index is 1.93. The van der Waals surface area contributed by atoms with Gasteiger partial charge in [0.05, 0.1) is 16.7 Å². The fourth-order valence-electron chi connectivity index (χ4n) is 2.58. The molecule has 0 radical (unpaired) electrons. The van der Waals surface area contributed by atoms with E-state index in [1.807, 2.05) is 0 Å². The van der Waals surface area contributed by atoms with Crippen molar-refractivity contribution in [2.75, 3.05) is 30.8 Å². The van der Waals surface area contributed by atoms with Crippen LogP contribution in [-0.4, -0.2) is 32.1 Å². The lowest BCUT2D eigenvalue weighted by Gasteiger charge is -2.16. The average molecular weight is 291 g/mol. The van der Waals surface area contributed by atoms with Crippen molar-refractivity contribution in [1.29, 1.82) is 5.26 Å². The van der Waals surface area contributed by atoms with Crippen LogP contribution in [-0.2, 0) is 4.74 Å². The van der Waals surface area contributed by atoms with Crippen LogP contribution < -0.4 is 10.6 Å². The van der Waals surface area contributed by atoms with Crippen LogP contribution in [0.4, 0.5) is 10.7 Å². The number of Topliss-reactive ketones (excluding diaryl/α,β-unsaturated/α-hetero) is 1. The third kappa shape index (κ3) is 2.17. The minimum Gasteiger partial charge on any atom is -0.396 e. The molecule has 1 aliphatic carbocycles. The number of nitrogens with two attached hydrogens (primary N) is 1. The molecule has 2 aliphatic rings. The van der Waals surface area contributed by atoms with Gasteiger partial charge in [-0.2, -0.15) is 5.26 Å². The van der Waals surface area contributed by atoms with Gasteiger partial charge in [-0.25, -0.2) is 0 Å². The number of rotatable bonds is 4. The molecule has 106 valence electrons. The van der Waals surface area contributed by atoms with E-state index in [0.717, 1.165) is 37.4 Å². The van der Waals surface area contributed by atoms with Crippen molar-refractivity contribution < 1.29 is 9.53 Å². The summed E-state index contributed by atoms with van der Waals surface area (Å²) in [4.78, 5) is 14.9. The number of ketones is 1. The molecule has 1 saturated heterocycles. The lowest BCUT2D eigenvalue weighted by molar-refractivity contribution is 0.0972. The van der Waals surface area contributed by atoms with Gasteiger partial charge in [0.1, 0.15) is 16.6 Å². The highest BCUT2D eigenvalue weighted by atomic mass is 32.1. The molecule has 1 atom stereocenters. The quantitative estimate of drug-likeness (QED) is 0.858. The summed E-state index contributed by atoms with van der Waals surface area (Å²) in [5, 5.41) is 10.2. The summed E-state index contributed by atoms with van der Waals surface area (Å²) in [5.41, 5.74) is 6.85. The first kappa shape index (κ1) is 13.4. The molecule has 1 aliphatic heterocycles. The zero-order chi connectivity index (χ0) is 14.3. The summed E-state index contributed by atoms with van der Waals surface area (Å²) in [6.45, 7) is 1.59. The minimum absolute atomic E-state index is 0.109. The van der Waals surface area contributed by atoms with Gasteiger partial charge < -0.3 is 15.4 Å². The van der Waals surface area contributed by atoms with E-state index in [0.29, 0.717) is 16.1 Å². The Kier molecular flexibility index (Phi) is 3.40. The molecule has 6 heteroatoms. The van der Waals surface area contributed by atoms with Crippen LogP contribution in [0.5, 0.6) is 0 Å². The van der Waals surface area contributed by atoms with Gasteiger partial charge >= 0.3 is 0 Å². The van der Waals surface area contributed by atoms with Gasteiger partial charge in [-0.3, -0.25) is 4.79 Å². The highest BCUT2D eigenvalue weighted by Gasteiger charge is 2.35. The van der Waals surface area contributed by atoms with Gasteiger partial charge in [0, 0.05) is 26.1 Å². The minimum atomic E-state index is 0.109. The summed E-state index contributed by atoms with van der Waals surface area (Å²) < 4.78 is 5.35. The summed E-state index contributed by atoms with van der Waals surface area (Å²) in [6.07, 6.45) is 3.02. The van der Waals surface area contributed by atoms with Crippen LogP contribution in [0.2, 0.25) is 0 Å². The van der Waals surface area contributed by atoms with Crippen LogP contribution in [0.3, 0.4) is 0 Å². The lowest BCUT2D eigenvalue weighted by atomic mass is 10.1. The van der Waals surface area contributed by atoms with E-state index in [4.69, 9.17) is 10.5 Å². The predicted octanol–water partition coefficient (Wildman–Crippen LogP) is 2.02. The van der Waals surface area contributed by atoms with Crippen molar-refractivity contribution in [3.8, 4) is 6.07 Å². The van der Waals surface area contributed by atoms with Crippen molar-refractivity contribution >= 4 is 27.8 Å². The molecule has 1 saturated carbocycles. The van der Waals surface area contributed by atoms with Crippen LogP contribution >= 0.6 is 11.3 Å². The van der Waals surface area contributed by atoms with Gasteiger partial charge in [0.15, 0.2) is 5.78 Å². The first-order valence-electron chi connectivity index (χ1n) is 6.80. The number of thiophene rings is 1. The Morgan fingerprint density at radius 3 is 2.80 bits per heavy atom. The SMILES string of the molecule is COC1CCN(c2sc(C(=O)C3CC3)c(N)c2C#N)C1. The summed E-state index contributed by atoms with van der Waals surface area (Å²) >= 11 is 1.37. The third-order valence-corrected chi connectivity index (χ3v) is 5.26. The zero-order valence-corrected chi connectivity index (χ0v) is 12.2. The number of carbonyl (C=O) groups is 1. The first-order chi connectivity index (χ1) is 9.65. The maximum absolute atomic E-state index is 12.2. The highest BCUT2D eigenvalue weighted by molar-refractivity contribution is 7.19. The molecule has 1 aromatic rings. The largest absolute Gasteiger partial charge is 0.396 e. The van der Waals surface area contributed by atoms with E-state index in [-0.39, 0.29) is 17.8 Å². The molecular weight excluding hydrogens is 274 g/mol. The Morgan fingerprint density at radius 2 is 2.25 bits per heavy atom. The second-order valence-corrected chi connectivity index (χ2v) is 6.37. The molecule has 0 aromatic carbocycles. The Hall–Kier alpha value is -1.58. The monoisotopic (exact) mass is 291 g/mol. The topological polar surface area (TPSA) is 79.3 Å². The number of methoxy groups -OCH3 is 1. The molecule has 2 heterocycles. The number of hydrogen-bond acceptors (Lipinski definition) is 6. The standard InChI is InChI=1S/C14H17N3O2S/c1-19-9-4-5-17(7-9)14-10(6-15)11(16)13(20-14)12(18)8-2-3-8/h8-9H,2-5,7,16H2,1H3. The maximum atomic E-state index is 12.2. The van der Waals surface area contributed by atoms with Crippen molar-refractivity contribution in [1.82, 2.24) is 0 Å². The Bertz CT molecular complexity index is 586. The second-order valence-electron chi connectivity index (χ2n) is 5.37. The molecule has 0 bridgehead atoms. The van der Waals surface area contributed by atoms with E-state index in [1.165, 1.54) is 11.3 Å². The maximum Gasteiger partial charge on any atom is 0.178 e. The molecule has 0 amide bonds. The van der Waals surface area contributed by atoms with Crippen LogP contribution in [0.25, 0.3) is 0 Å². The van der Waals surface area contributed by atoms with E-state index in [1.54, 1.807) is 7.11 Å². The number of anilines is 2. The third-order valence-electron chi connectivity index (χ3n) is 3.98. The number of ether oxygens (including phenoxy) is 1. The predicted molar refractivity (Wildman–Crippen MR) is 78.1 cm³/mol. The second kappa shape index (κ2) is 5.08. The van der Waals surface area contributed by atoms with E-state index in [2.05, 4.69) is 11.0 Å². The Labute approximate surface area is 121 Å². The number of hydrogen-bond donors (Lipinski definition) is 1. The van der Waals surface area contributed by atoms with Crippen LogP contribution in [0.1, 0.15) is 34.5 Å². The van der Waals surface area contributed by atoms with Crippen LogP contribution in [0.15, 0.2) is 0 Å². The molecule has 2 N–H and O–H groups in total. The van der Waals surface area contributed by atoms with Crippen molar-refractivity contribution in [3.05, 3.63) is 10.4 Å². The van der Waals surface area contributed by atoms with Crippen LogP contribution in [0, 0.1) is 17.2 Å². The number of nitrogen functional groups attached to an aromatic ring is 1. The summed E-state index contributed by atoms with van der Waals surface area (Å²) in [5.74, 6) is 0.235. The smallest absolute Gasteiger partial charge is 0.178 e. The van der Waals surface area contributed by atoms with Crippen molar-refractivity contribution in [2.24, 2.45) is 5.92 Å². The fourth-order valence-corrected chi connectivity index (χ4v) is 3.81. The van der Waals surface area contributed by atoms with E-state index >= 15 is 0 Å². The highest BCUT2D eigenvalue weighted by Crippen LogP contribution is 2.43. The lowest BCUT2D eigenvalue weighted by Crippen LogP contribution is -2.21. The summed E-state index contributed by atoms with van der Waals surface area (Å²) in [6, 6.07) is 2.16. The molecule has 2 fully saturated rings.